The van der Waals surface area contributed by atoms with Gasteiger partial charge in [-0.05, 0) is 30.0 Å². The number of amides is 2. The van der Waals surface area contributed by atoms with Crippen molar-refractivity contribution in [1.29, 1.82) is 0 Å². The van der Waals surface area contributed by atoms with E-state index >= 15 is 0 Å². The lowest BCUT2D eigenvalue weighted by molar-refractivity contribution is -0.117. The number of unbranched alkanes of at least 4 members (excludes halogenated alkanes) is 3. The predicted octanol–water partition coefficient (Wildman–Crippen LogP) is 2.79. The lowest BCUT2D eigenvalue weighted by atomic mass is 10.0. The molecule has 0 saturated carbocycles. The molecule has 0 saturated heterocycles. The Morgan fingerprint density at radius 2 is 1.66 bits per heavy atom. The highest BCUT2D eigenvalue weighted by Gasteiger charge is 2.06. The molecule has 0 bridgehead atoms. The van der Waals surface area contributed by atoms with E-state index in [4.69, 9.17) is 5.73 Å². The van der Waals surface area contributed by atoms with Gasteiger partial charge >= 0.3 is 0 Å². The largest absolute Gasteiger partial charge is 0.368 e. The number of primary amides is 1. The lowest BCUT2D eigenvalue weighted by Crippen LogP contribution is -2.37. The molecular weight excluding hydrogens is 481 g/mol. The van der Waals surface area contributed by atoms with Crippen LogP contribution in [0.25, 0.3) is 0 Å². The maximum Gasteiger partial charge on any atom is 0.251 e. The molecule has 1 aromatic rings. The smallest absolute Gasteiger partial charge is 0.251 e. The van der Waals surface area contributed by atoms with E-state index in [9.17, 15) is 9.59 Å². The number of carbonyl (C=O) groups excluding carboxylic acids is 2. The zero-order valence-electron chi connectivity index (χ0n) is 17.8. The van der Waals surface area contributed by atoms with Crippen LogP contribution in [-0.4, -0.2) is 37.9 Å². The highest BCUT2D eigenvalue weighted by Crippen LogP contribution is 2.09. The molecule has 5 N–H and O–H groups in total. The molecule has 0 unspecified atom stereocenters. The van der Waals surface area contributed by atoms with Crippen LogP contribution in [0.3, 0.4) is 0 Å². The maximum atomic E-state index is 11.9. The van der Waals surface area contributed by atoms with Crippen molar-refractivity contribution in [3.8, 4) is 0 Å². The molecule has 29 heavy (non-hydrogen) atoms. The Hall–Kier alpha value is -1.84. The van der Waals surface area contributed by atoms with Gasteiger partial charge in [0.05, 0.1) is 6.54 Å². The Morgan fingerprint density at radius 1 is 1.00 bits per heavy atom. The second-order valence-electron chi connectivity index (χ2n) is 7.30. The minimum absolute atomic E-state index is 0. The Labute approximate surface area is 191 Å². The number of nitrogens with two attached hydrogens (primary N) is 1. The molecule has 164 valence electrons. The van der Waals surface area contributed by atoms with Crippen LogP contribution in [-0.2, 0) is 11.3 Å². The van der Waals surface area contributed by atoms with Crippen molar-refractivity contribution in [2.45, 2.75) is 52.5 Å². The molecule has 0 spiro atoms. The normalized spacial score (nSPS) is 11.0. The van der Waals surface area contributed by atoms with E-state index in [1.807, 2.05) is 12.1 Å². The van der Waals surface area contributed by atoms with E-state index < -0.39 is 5.91 Å². The number of nitrogens with zero attached hydrogens (tertiary/aromatic N) is 1. The third-order valence-electron chi connectivity index (χ3n) is 4.32. The predicted molar refractivity (Wildman–Crippen MR) is 130 cm³/mol. The molecule has 0 heterocycles. The van der Waals surface area contributed by atoms with E-state index in [1.165, 1.54) is 25.7 Å². The van der Waals surface area contributed by atoms with Crippen LogP contribution < -0.4 is 21.7 Å². The second kappa shape index (κ2) is 16.0. The van der Waals surface area contributed by atoms with Gasteiger partial charge in [0, 0.05) is 25.7 Å². The fourth-order valence-corrected chi connectivity index (χ4v) is 2.69. The van der Waals surface area contributed by atoms with Gasteiger partial charge < -0.3 is 21.7 Å². The number of hydrogen-bond donors (Lipinski definition) is 4. The summed E-state index contributed by atoms with van der Waals surface area (Å²) in [5.41, 5.74) is 6.54. The van der Waals surface area contributed by atoms with Crippen LogP contribution in [0.5, 0.6) is 0 Å². The van der Waals surface area contributed by atoms with E-state index in [0.29, 0.717) is 12.1 Å². The first-order chi connectivity index (χ1) is 13.4. The molecule has 1 rings (SSSR count). The Morgan fingerprint density at radius 3 is 2.24 bits per heavy atom. The number of carbonyl (C=O) groups is 2. The summed E-state index contributed by atoms with van der Waals surface area (Å²) in [5.74, 6) is 0.679. The monoisotopic (exact) mass is 517 g/mol. The van der Waals surface area contributed by atoms with Gasteiger partial charge in [0.2, 0.25) is 5.91 Å². The quantitative estimate of drug-likeness (QED) is 0.148. The zero-order chi connectivity index (χ0) is 20.8. The average Bonchev–Trinajstić information content (AvgIpc) is 2.67. The van der Waals surface area contributed by atoms with Gasteiger partial charge in [0.1, 0.15) is 0 Å². The van der Waals surface area contributed by atoms with Gasteiger partial charge in [-0.15, -0.1) is 24.0 Å². The molecule has 0 radical (unpaired) electrons. The summed E-state index contributed by atoms with van der Waals surface area (Å²) in [6.07, 6.45) is 6.26. The van der Waals surface area contributed by atoms with Crippen molar-refractivity contribution in [1.82, 2.24) is 16.0 Å². The number of hydrogen-bond acceptors (Lipinski definition) is 3. The van der Waals surface area contributed by atoms with Gasteiger partial charge in [0.25, 0.3) is 5.91 Å². The van der Waals surface area contributed by atoms with E-state index in [1.54, 1.807) is 19.2 Å². The summed E-state index contributed by atoms with van der Waals surface area (Å²) >= 11 is 0. The second-order valence-corrected chi connectivity index (χ2v) is 7.30. The molecular formula is C21H36IN5O2. The van der Waals surface area contributed by atoms with Crippen molar-refractivity contribution >= 4 is 41.8 Å². The number of nitrogens with one attached hydrogen (secondary N) is 3. The molecule has 0 atom stereocenters. The number of rotatable bonds is 12. The average molecular weight is 517 g/mol. The fraction of sp³-hybridized carbons (Fsp3) is 0.571. The first-order valence-corrected chi connectivity index (χ1v) is 10.0. The molecule has 7 nitrogen and oxygen atoms in total. The van der Waals surface area contributed by atoms with Crippen molar-refractivity contribution < 1.29 is 9.59 Å². The number of aliphatic imine (C=N–C) groups is 1. The van der Waals surface area contributed by atoms with Crippen molar-refractivity contribution in [2.75, 3.05) is 20.1 Å². The molecule has 0 aliphatic rings. The standard InChI is InChI=1S/C21H35N5O2.HI/c1-16(2)8-6-4-5-7-13-24-21(23-3)26-14-17-9-11-18(12-10-17)20(28)25-15-19(22)27;/h9-12,16H,4-8,13-15H2,1-3H3,(H2,22,27)(H,25,28)(H2,23,24,26);1H. The van der Waals surface area contributed by atoms with Crippen LogP contribution in [0.4, 0.5) is 0 Å². The van der Waals surface area contributed by atoms with Crippen LogP contribution in [0.1, 0.15) is 61.9 Å². The Bertz CT molecular complexity index is 632. The SMILES string of the molecule is CN=C(NCCCCCCC(C)C)NCc1ccc(C(=O)NCC(N)=O)cc1.I. The van der Waals surface area contributed by atoms with Crippen LogP contribution >= 0.6 is 24.0 Å². The lowest BCUT2D eigenvalue weighted by Gasteiger charge is -2.12. The van der Waals surface area contributed by atoms with E-state index in [0.717, 1.165) is 30.4 Å². The summed E-state index contributed by atoms with van der Waals surface area (Å²) in [7, 11) is 1.75. The highest BCUT2D eigenvalue weighted by molar-refractivity contribution is 14.0. The van der Waals surface area contributed by atoms with Gasteiger partial charge in [-0.2, -0.15) is 0 Å². The summed E-state index contributed by atoms with van der Waals surface area (Å²) in [4.78, 5) is 26.8. The molecule has 2 amide bonds. The first kappa shape index (κ1) is 27.2. The van der Waals surface area contributed by atoms with Gasteiger partial charge in [-0.25, -0.2) is 0 Å². The topological polar surface area (TPSA) is 109 Å². The molecule has 1 aromatic carbocycles. The third-order valence-corrected chi connectivity index (χ3v) is 4.32. The molecule has 0 aliphatic carbocycles. The van der Waals surface area contributed by atoms with Crippen molar-refractivity contribution in [3.63, 3.8) is 0 Å². The Balaban J connectivity index is 0.00000784. The summed E-state index contributed by atoms with van der Waals surface area (Å²) in [6, 6.07) is 7.18. The van der Waals surface area contributed by atoms with Crippen LogP contribution in [0.2, 0.25) is 0 Å². The van der Waals surface area contributed by atoms with Crippen molar-refractivity contribution in [3.05, 3.63) is 35.4 Å². The van der Waals surface area contributed by atoms with Crippen molar-refractivity contribution in [2.24, 2.45) is 16.6 Å². The molecule has 0 fully saturated rings. The first-order valence-electron chi connectivity index (χ1n) is 10.0. The number of halogens is 1. The van der Waals surface area contributed by atoms with Crippen LogP contribution in [0.15, 0.2) is 29.3 Å². The summed E-state index contributed by atoms with van der Waals surface area (Å²) in [5, 5.41) is 9.06. The molecule has 0 aliphatic heterocycles. The zero-order valence-corrected chi connectivity index (χ0v) is 20.1. The fourth-order valence-electron chi connectivity index (χ4n) is 2.69. The third kappa shape index (κ3) is 13.1. The molecule has 0 aromatic heterocycles. The summed E-state index contributed by atoms with van der Waals surface area (Å²) in [6.45, 7) is 5.88. The van der Waals surface area contributed by atoms with Crippen LogP contribution in [0, 0.1) is 5.92 Å². The summed E-state index contributed by atoms with van der Waals surface area (Å²) < 4.78 is 0. The van der Waals surface area contributed by atoms with Gasteiger partial charge in [-0.1, -0.05) is 51.7 Å². The Kier molecular flexibility index (Phi) is 15.0. The highest BCUT2D eigenvalue weighted by atomic mass is 127. The maximum absolute atomic E-state index is 11.9. The minimum Gasteiger partial charge on any atom is -0.368 e. The van der Waals surface area contributed by atoms with E-state index in [-0.39, 0.29) is 36.4 Å². The van der Waals surface area contributed by atoms with Gasteiger partial charge in [-0.3, -0.25) is 14.6 Å². The number of guanidine groups is 1. The van der Waals surface area contributed by atoms with E-state index in [2.05, 4.69) is 34.8 Å². The molecule has 8 heteroatoms. The van der Waals surface area contributed by atoms with Gasteiger partial charge in [0.15, 0.2) is 5.96 Å². The minimum atomic E-state index is -0.566. The number of benzene rings is 1.